The second-order valence-electron chi connectivity index (χ2n) is 2.48. The first kappa shape index (κ1) is 9.53. The molecule has 0 aliphatic rings. The SMILES string of the molecule is COCC(C(=O)O)n1cc[nH]c1=O. The van der Waals surface area contributed by atoms with Crippen molar-refractivity contribution in [2.24, 2.45) is 0 Å². The second-order valence-corrected chi connectivity index (χ2v) is 2.48. The standard InChI is InChI=1S/C7H10N2O4/c1-13-4-5(6(10)11)9-3-2-8-7(9)12/h2-3,5H,4H2,1H3,(H,8,12)(H,10,11). The molecule has 13 heavy (non-hydrogen) atoms. The van der Waals surface area contributed by atoms with Crippen molar-refractivity contribution in [2.75, 3.05) is 13.7 Å². The molecule has 1 atom stereocenters. The van der Waals surface area contributed by atoms with E-state index in [-0.39, 0.29) is 6.61 Å². The van der Waals surface area contributed by atoms with Crippen molar-refractivity contribution >= 4 is 5.97 Å². The number of imidazole rings is 1. The predicted octanol–water partition coefficient (Wildman–Crippen LogP) is -0.552. The Labute approximate surface area is 73.8 Å². The van der Waals surface area contributed by atoms with Crippen LogP contribution in [0.3, 0.4) is 0 Å². The number of nitrogens with one attached hydrogen (secondary N) is 1. The van der Waals surface area contributed by atoms with Gasteiger partial charge in [0.2, 0.25) is 0 Å². The lowest BCUT2D eigenvalue weighted by molar-refractivity contribution is -0.142. The fourth-order valence-corrected chi connectivity index (χ4v) is 1.00. The zero-order chi connectivity index (χ0) is 9.84. The van der Waals surface area contributed by atoms with Gasteiger partial charge in [-0.1, -0.05) is 0 Å². The lowest BCUT2D eigenvalue weighted by Crippen LogP contribution is -2.30. The van der Waals surface area contributed by atoms with Gasteiger partial charge in [0, 0.05) is 19.5 Å². The molecular weight excluding hydrogens is 176 g/mol. The number of carboxylic acid groups (broad SMARTS) is 1. The van der Waals surface area contributed by atoms with Gasteiger partial charge in [-0.05, 0) is 0 Å². The molecule has 0 amide bonds. The summed E-state index contributed by atoms with van der Waals surface area (Å²) in [6.45, 7) is -0.0346. The van der Waals surface area contributed by atoms with Gasteiger partial charge < -0.3 is 14.8 Å². The smallest absolute Gasteiger partial charge is 0.329 e. The molecule has 0 aromatic carbocycles. The molecule has 0 bridgehead atoms. The van der Waals surface area contributed by atoms with Crippen LogP contribution in [0.2, 0.25) is 0 Å². The van der Waals surface area contributed by atoms with Crippen molar-refractivity contribution in [3.05, 3.63) is 22.9 Å². The number of H-pyrrole nitrogens is 1. The van der Waals surface area contributed by atoms with Crippen molar-refractivity contribution in [3.8, 4) is 0 Å². The zero-order valence-corrected chi connectivity index (χ0v) is 7.06. The highest BCUT2D eigenvalue weighted by Gasteiger charge is 2.20. The number of hydrogen-bond acceptors (Lipinski definition) is 3. The summed E-state index contributed by atoms with van der Waals surface area (Å²) in [7, 11) is 1.38. The third-order valence-corrected chi connectivity index (χ3v) is 1.62. The van der Waals surface area contributed by atoms with Crippen LogP contribution in [0.15, 0.2) is 17.2 Å². The molecule has 1 unspecified atom stereocenters. The van der Waals surface area contributed by atoms with Gasteiger partial charge in [-0.2, -0.15) is 0 Å². The fourth-order valence-electron chi connectivity index (χ4n) is 1.00. The summed E-state index contributed by atoms with van der Waals surface area (Å²) in [5.74, 6) is -1.09. The minimum absolute atomic E-state index is 0.0346. The molecule has 1 aromatic rings. The Balaban J connectivity index is 2.95. The number of aromatic amines is 1. The number of carbonyl (C=O) groups is 1. The highest BCUT2D eigenvalue weighted by Crippen LogP contribution is 2.02. The lowest BCUT2D eigenvalue weighted by Gasteiger charge is -2.10. The van der Waals surface area contributed by atoms with Crippen LogP contribution in [0.25, 0.3) is 0 Å². The van der Waals surface area contributed by atoms with E-state index in [1.807, 2.05) is 0 Å². The lowest BCUT2D eigenvalue weighted by atomic mass is 10.3. The van der Waals surface area contributed by atoms with E-state index in [9.17, 15) is 9.59 Å². The van der Waals surface area contributed by atoms with Crippen molar-refractivity contribution < 1.29 is 14.6 Å². The van der Waals surface area contributed by atoms with Gasteiger partial charge >= 0.3 is 11.7 Å². The minimum atomic E-state index is -1.09. The van der Waals surface area contributed by atoms with Gasteiger partial charge in [0.05, 0.1) is 6.61 Å². The quantitative estimate of drug-likeness (QED) is 0.660. The molecule has 0 saturated heterocycles. The fraction of sp³-hybridized carbons (Fsp3) is 0.429. The molecule has 1 rings (SSSR count). The minimum Gasteiger partial charge on any atom is -0.480 e. The zero-order valence-electron chi connectivity index (χ0n) is 7.06. The summed E-state index contributed by atoms with van der Waals surface area (Å²) in [4.78, 5) is 24.1. The van der Waals surface area contributed by atoms with E-state index in [2.05, 4.69) is 9.72 Å². The van der Waals surface area contributed by atoms with Crippen LogP contribution in [0.4, 0.5) is 0 Å². The maximum Gasteiger partial charge on any atom is 0.329 e. The molecule has 1 heterocycles. The number of ether oxygens (including phenoxy) is 1. The summed E-state index contributed by atoms with van der Waals surface area (Å²) in [5.41, 5.74) is -0.454. The van der Waals surface area contributed by atoms with E-state index in [0.29, 0.717) is 0 Å². The number of methoxy groups -OCH3 is 1. The van der Waals surface area contributed by atoms with E-state index >= 15 is 0 Å². The second kappa shape index (κ2) is 3.90. The number of carboxylic acids is 1. The predicted molar refractivity (Wildman–Crippen MR) is 43.6 cm³/mol. The molecule has 6 heteroatoms. The van der Waals surface area contributed by atoms with Crippen LogP contribution in [0, 0.1) is 0 Å². The first-order chi connectivity index (χ1) is 6.16. The number of aromatic nitrogens is 2. The molecule has 0 aliphatic carbocycles. The third-order valence-electron chi connectivity index (χ3n) is 1.62. The maximum absolute atomic E-state index is 11.0. The molecule has 0 spiro atoms. The Bertz CT molecular complexity index is 340. The van der Waals surface area contributed by atoms with Gasteiger partial charge in [-0.3, -0.25) is 4.57 Å². The number of aliphatic carboxylic acids is 1. The highest BCUT2D eigenvalue weighted by atomic mass is 16.5. The van der Waals surface area contributed by atoms with Crippen molar-refractivity contribution in [1.29, 1.82) is 0 Å². The van der Waals surface area contributed by atoms with Crippen LogP contribution in [-0.2, 0) is 9.53 Å². The summed E-state index contributed by atoms with van der Waals surface area (Å²) < 4.78 is 5.76. The van der Waals surface area contributed by atoms with E-state index in [1.54, 1.807) is 0 Å². The Morgan fingerprint density at radius 2 is 2.54 bits per heavy atom. The molecule has 0 radical (unpaired) electrons. The third kappa shape index (κ3) is 1.97. The van der Waals surface area contributed by atoms with Gasteiger partial charge in [0.1, 0.15) is 0 Å². The first-order valence-corrected chi connectivity index (χ1v) is 3.64. The Morgan fingerprint density at radius 3 is 2.92 bits per heavy atom. The topological polar surface area (TPSA) is 84.3 Å². The van der Waals surface area contributed by atoms with Crippen LogP contribution >= 0.6 is 0 Å². The summed E-state index contributed by atoms with van der Waals surface area (Å²) in [6, 6.07) is -0.969. The van der Waals surface area contributed by atoms with Gasteiger partial charge in [0.15, 0.2) is 6.04 Å². The van der Waals surface area contributed by atoms with Crippen LogP contribution in [0.1, 0.15) is 6.04 Å². The number of rotatable bonds is 4. The molecule has 6 nitrogen and oxygen atoms in total. The molecule has 72 valence electrons. The number of nitrogens with zero attached hydrogens (tertiary/aromatic N) is 1. The van der Waals surface area contributed by atoms with Gasteiger partial charge in [-0.15, -0.1) is 0 Å². The number of hydrogen-bond donors (Lipinski definition) is 2. The van der Waals surface area contributed by atoms with E-state index in [1.165, 1.54) is 19.5 Å². The van der Waals surface area contributed by atoms with E-state index in [4.69, 9.17) is 5.11 Å². The summed E-state index contributed by atoms with van der Waals surface area (Å²) in [5, 5.41) is 8.75. The average molecular weight is 186 g/mol. The normalized spacial score (nSPS) is 12.7. The Kier molecular flexibility index (Phi) is 2.86. The van der Waals surface area contributed by atoms with Gasteiger partial charge in [0.25, 0.3) is 0 Å². The summed E-state index contributed by atoms with van der Waals surface area (Å²) >= 11 is 0. The van der Waals surface area contributed by atoms with Gasteiger partial charge in [-0.25, -0.2) is 9.59 Å². The summed E-state index contributed by atoms with van der Waals surface area (Å²) in [6.07, 6.45) is 2.76. The largest absolute Gasteiger partial charge is 0.480 e. The van der Waals surface area contributed by atoms with E-state index < -0.39 is 17.7 Å². The van der Waals surface area contributed by atoms with Crippen molar-refractivity contribution in [2.45, 2.75) is 6.04 Å². The highest BCUT2D eigenvalue weighted by molar-refractivity contribution is 5.71. The molecule has 0 saturated carbocycles. The molecule has 2 N–H and O–H groups in total. The van der Waals surface area contributed by atoms with Crippen molar-refractivity contribution in [1.82, 2.24) is 9.55 Å². The molecule has 1 aromatic heterocycles. The maximum atomic E-state index is 11.0. The average Bonchev–Trinajstić information content (AvgIpc) is 2.47. The molecular formula is C7H10N2O4. The molecule has 0 aliphatic heterocycles. The Hall–Kier alpha value is -1.56. The Morgan fingerprint density at radius 1 is 1.85 bits per heavy atom. The monoisotopic (exact) mass is 186 g/mol. The van der Waals surface area contributed by atoms with Crippen LogP contribution in [0.5, 0.6) is 0 Å². The first-order valence-electron chi connectivity index (χ1n) is 3.64. The van der Waals surface area contributed by atoms with Crippen molar-refractivity contribution in [3.63, 3.8) is 0 Å². The molecule has 0 fully saturated rings. The van der Waals surface area contributed by atoms with Crippen LogP contribution in [-0.4, -0.2) is 34.3 Å². The van der Waals surface area contributed by atoms with E-state index in [0.717, 1.165) is 4.57 Å². The van der Waals surface area contributed by atoms with Crippen LogP contribution < -0.4 is 5.69 Å².